The van der Waals surface area contributed by atoms with Crippen molar-refractivity contribution in [3.63, 3.8) is 0 Å². The molecule has 0 saturated carbocycles. The molecule has 0 aliphatic carbocycles. The molecule has 102 valence electrons. The molecule has 2 aromatic carbocycles. The fourth-order valence-corrected chi connectivity index (χ4v) is 1.52. The molecule has 0 fully saturated rings. The van der Waals surface area contributed by atoms with E-state index in [1.807, 2.05) is 0 Å². The summed E-state index contributed by atoms with van der Waals surface area (Å²) in [6.07, 6.45) is 1.15. The van der Waals surface area contributed by atoms with E-state index in [-0.39, 0.29) is 22.6 Å². The van der Waals surface area contributed by atoms with E-state index in [0.29, 0.717) is 0 Å². The molecule has 5 nitrogen and oxygen atoms in total. The number of carbonyl (C=O) groups is 1. The number of phenols is 2. The van der Waals surface area contributed by atoms with Crippen LogP contribution in [0, 0.1) is 5.82 Å². The first-order valence-electron chi connectivity index (χ1n) is 5.68. The minimum Gasteiger partial charge on any atom is -0.504 e. The summed E-state index contributed by atoms with van der Waals surface area (Å²) < 4.78 is 13.3. The Bertz CT molecular complexity index is 671. The van der Waals surface area contributed by atoms with Crippen LogP contribution in [0.1, 0.15) is 15.9 Å². The van der Waals surface area contributed by atoms with Gasteiger partial charge in [0.05, 0.1) is 11.8 Å². The average Bonchev–Trinajstić information content (AvgIpc) is 2.44. The molecule has 20 heavy (non-hydrogen) atoms. The first-order chi connectivity index (χ1) is 9.59. The van der Waals surface area contributed by atoms with Crippen LogP contribution in [-0.2, 0) is 0 Å². The Morgan fingerprint density at radius 2 is 1.90 bits per heavy atom. The van der Waals surface area contributed by atoms with Crippen molar-refractivity contribution in [2.45, 2.75) is 0 Å². The summed E-state index contributed by atoms with van der Waals surface area (Å²) in [7, 11) is 0. The Morgan fingerprint density at radius 1 is 1.15 bits per heavy atom. The van der Waals surface area contributed by atoms with Crippen molar-refractivity contribution in [1.82, 2.24) is 5.43 Å². The number of phenolic OH excluding ortho intramolecular Hbond substituents is 2. The Kier molecular flexibility index (Phi) is 3.95. The van der Waals surface area contributed by atoms with Crippen LogP contribution in [0.5, 0.6) is 11.5 Å². The number of hydrogen-bond acceptors (Lipinski definition) is 4. The lowest BCUT2D eigenvalue weighted by Gasteiger charge is -2.02. The third-order valence-corrected chi connectivity index (χ3v) is 2.53. The van der Waals surface area contributed by atoms with Gasteiger partial charge in [-0.25, -0.2) is 9.82 Å². The van der Waals surface area contributed by atoms with Crippen LogP contribution < -0.4 is 5.43 Å². The highest BCUT2D eigenvalue weighted by molar-refractivity contribution is 5.95. The number of benzene rings is 2. The molecule has 6 heteroatoms. The van der Waals surface area contributed by atoms with E-state index in [0.717, 1.165) is 6.21 Å². The average molecular weight is 274 g/mol. The largest absolute Gasteiger partial charge is 0.504 e. The molecule has 0 bridgehead atoms. The van der Waals surface area contributed by atoms with Gasteiger partial charge in [0.1, 0.15) is 5.82 Å². The summed E-state index contributed by atoms with van der Waals surface area (Å²) in [5.74, 6) is -2.01. The second-order valence-electron chi connectivity index (χ2n) is 3.89. The molecule has 0 unspecified atom stereocenters. The lowest BCUT2D eigenvalue weighted by molar-refractivity contribution is 0.0951. The van der Waals surface area contributed by atoms with E-state index in [2.05, 4.69) is 10.5 Å². The van der Waals surface area contributed by atoms with Gasteiger partial charge in [0.15, 0.2) is 11.5 Å². The van der Waals surface area contributed by atoms with Crippen molar-refractivity contribution in [1.29, 1.82) is 0 Å². The molecule has 0 aliphatic heterocycles. The molecule has 2 rings (SSSR count). The Balaban J connectivity index is 2.09. The van der Waals surface area contributed by atoms with Crippen molar-refractivity contribution in [3.05, 3.63) is 59.4 Å². The Hall–Kier alpha value is -2.89. The van der Waals surface area contributed by atoms with Crippen molar-refractivity contribution >= 4 is 12.1 Å². The van der Waals surface area contributed by atoms with E-state index in [1.165, 1.54) is 42.5 Å². The lowest BCUT2D eigenvalue weighted by Crippen LogP contribution is -2.18. The predicted octanol–water partition coefficient (Wildman–Crippen LogP) is 2.00. The van der Waals surface area contributed by atoms with E-state index in [9.17, 15) is 19.4 Å². The zero-order chi connectivity index (χ0) is 14.5. The summed E-state index contributed by atoms with van der Waals surface area (Å²) in [6.45, 7) is 0. The fraction of sp³-hybridized carbons (Fsp3) is 0. The smallest absolute Gasteiger partial charge is 0.274 e. The number of hydrogen-bond donors (Lipinski definition) is 3. The molecular weight excluding hydrogens is 263 g/mol. The molecular formula is C14H11FN2O3. The van der Waals surface area contributed by atoms with E-state index in [4.69, 9.17) is 0 Å². The highest BCUT2D eigenvalue weighted by Crippen LogP contribution is 2.26. The summed E-state index contributed by atoms with van der Waals surface area (Å²) >= 11 is 0. The van der Waals surface area contributed by atoms with E-state index >= 15 is 0 Å². The maximum atomic E-state index is 13.3. The first-order valence-corrected chi connectivity index (χ1v) is 5.68. The number of carbonyl (C=O) groups excluding carboxylic acids is 1. The highest BCUT2D eigenvalue weighted by Gasteiger charge is 2.09. The predicted molar refractivity (Wildman–Crippen MR) is 71.2 cm³/mol. The zero-order valence-corrected chi connectivity index (χ0v) is 10.2. The lowest BCUT2D eigenvalue weighted by atomic mass is 10.2. The molecule has 3 N–H and O–H groups in total. The number of rotatable bonds is 3. The van der Waals surface area contributed by atoms with Gasteiger partial charge in [-0.2, -0.15) is 5.10 Å². The first kappa shape index (κ1) is 13.5. The number of nitrogens with one attached hydrogen (secondary N) is 1. The van der Waals surface area contributed by atoms with Crippen LogP contribution in [0.4, 0.5) is 4.39 Å². The van der Waals surface area contributed by atoms with Gasteiger partial charge < -0.3 is 10.2 Å². The third-order valence-electron chi connectivity index (χ3n) is 2.53. The van der Waals surface area contributed by atoms with Gasteiger partial charge in [-0.15, -0.1) is 0 Å². The van der Waals surface area contributed by atoms with Crippen molar-refractivity contribution < 1.29 is 19.4 Å². The molecule has 0 radical (unpaired) electrons. The second kappa shape index (κ2) is 5.83. The minimum absolute atomic E-state index is 0.134. The standard InChI is InChI=1S/C14H11FN2O3/c15-11-6-2-1-5-10(11)14(20)17-16-8-9-4-3-7-12(18)13(9)19/h1-8,18-19H,(H,17,20)/b16-8+. The molecule has 1 amide bonds. The fourth-order valence-electron chi connectivity index (χ4n) is 1.52. The number of hydrazone groups is 1. The molecule has 0 saturated heterocycles. The summed E-state index contributed by atoms with van der Waals surface area (Å²) in [4.78, 5) is 11.6. The van der Waals surface area contributed by atoms with E-state index < -0.39 is 11.7 Å². The Labute approximate surface area is 114 Å². The topological polar surface area (TPSA) is 81.9 Å². The van der Waals surface area contributed by atoms with Crippen LogP contribution in [0.15, 0.2) is 47.6 Å². The molecule has 0 heterocycles. The van der Waals surface area contributed by atoms with Crippen molar-refractivity contribution in [3.8, 4) is 11.5 Å². The minimum atomic E-state index is -0.709. The number of amides is 1. The van der Waals surface area contributed by atoms with Gasteiger partial charge >= 0.3 is 0 Å². The monoisotopic (exact) mass is 274 g/mol. The molecule has 0 aliphatic rings. The van der Waals surface area contributed by atoms with Crippen LogP contribution in [0.2, 0.25) is 0 Å². The van der Waals surface area contributed by atoms with Gasteiger partial charge in [0.25, 0.3) is 5.91 Å². The van der Waals surface area contributed by atoms with Crippen LogP contribution in [0.25, 0.3) is 0 Å². The number of para-hydroxylation sites is 1. The summed E-state index contributed by atoms with van der Waals surface area (Å²) in [6, 6.07) is 9.81. The summed E-state index contributed by atoms with van der Waals surface area (Å²) in [5, 5.41) is 22.4. The second-order valence-corrected chi connectivity index (χ2v) is 3.89. The van der Waals surface area contributed by atoms with Crippen LogP contribution in [-0.4, -0.2) is 22.3 Å². The maximum absolute atomic E-state index is 13.3. The normalized spacial score (nSPS) is 10.7. The Morgan fingerprint density at radius 3 is 2.65 bits per heavy atom. The van der Waals surface area contributed by atoms with Crippen LogP contribution >= 0.6 is 0 Å². The SMILES string of the molecule is O=C(N/N=C/c1cccc(O)c1O)c1ccccc1F. The number of halogens is 1. The maximum Gasteiger partial charge on any atom is 0.274 e. The number of aromatic hydroxyl groups is 2. The quantitative estimate of drug-likeness (QED) is 0.455. The molecule has 2 aromatic rings. The summed E-state index contributed by atoms with van der Waals surface area (Å²) in [5.41, 5.74) is 2.22. The van der Waals surface area contributed by atoms with E-state index in [1.54, 1.807) is 0 Å². The third kappa shape index (κ3) is 2.92. The van der Waals surface area contributed by atoms with Gasteiger partial charge in [-0.3, -0.25) is 4.79 Å². The molecule has 0 aromatic heterocycles. The van der Waals surface area contributed by atoms with Crippen molar-refractivity contribution in [2.24, 2.45) is 5.10 Å². The zero-order valence-electron chi connectivity index (χ0n) is 10.2. The molecule has 0 spiro atoms. The highest BCUT2D eigenvalue weighted by atomic mass is 19.1. The number of nitrogens with zero attached hydrogens (tertiary/aromatic N) is 1. The van der Waals surface area contributed by atoms with Crippen molar-refractivity contribution in [2.75, 3.05) is 0 Å². The van der Waals surface area contributed by atoms with Gasteiger partial charge in [0, 0.05) is 5.56 Å². The van der Waals surface area contributed by atoms with Crippen LogP contribution in [0.3, 0.4) is 0 Å². The molecule has 0 atom stereocenters. The van der Waals surface area contributed by atoms with Gasteiger partial charge in [-0.05, 0) is 24.3 Å². The van der Waals surface area contributed by atoms with Gasteiger partial charge in [-0.1, -0.05) is 18.2 Å². The van der Waals surface area contributed by atoms with Gasteiger partial charge in [0.2, 0.25) is 0 Å².